The van der Waals surface area contributed by atoms with Crippen LogP contribution >= 0.6 is 0 Å². The molecule has 3 aromatic heterocycles. The zero-order chi connectivity index (χ0) is 25.7. The van der Waals surface area contributed by atoms with E-state index >= 15 is 0 Å². The average molecular weight is 474 g/mol. The third-order valence-electron chi connectivity index (χ3n) is 5.71. The van der Waals surface area contributed by atoms with Crippen LogP contribution in [0.15, 0.2) is 67.1 Å². The zero-order valence-corrected chi connectivity index (χ0v) is 20.1. The van der Waals surface area contributed by atoms with Crippen molar-refractivity contribution in [3.8, 4) is 45.9 Å². The number of anilines is 1. The first-order valence-corrected chi connectivity index (χ1v) is 11.3. The summed E-state index contributed by atoms with van der Waals surface area (Å²) >= 11 is 0. The van der Waals surface area contributed by atoms with Crippen molar-refractivity contribution in [3.63, 3.8) is 0 Å². The third kappa shape index (κ3) is 5.24. The Morgan fingerprint density at radius 1 is 0.917 bits per heavy atom. The summed E-state index contributed by atoms with van der Waals surface area (Å²) in [6, 6.07) is 19.4. The van der Waals surface area contributed by atoms with E-state index in [2.05, 4.69) is 32.4 Å². The van der Waals surface area contributed by atoms with Gasteiger partial charge in [0.15, 0.2) is 5.82 Å². The monoisotopic (exact) mass is 473 g/mol. The molecule has 0 bridgehead atoms. The predicted octanol–water partition coefficient (Wildman–Crippen LogP) is 5.23. The summed E-state index contributed by atoms with van der Waals surface area (Å²) in [6.45, 7) is 5.72. The SMILES string of the molecule is Cc1ccc(-c2ccnc(C(C)(C)C#N)c2)cc1-c1ccnc(-c2ccnc(NC(=O)CC#N)c2)n1. The smallest absolute Gasteiger partial charge is 0.239 e. The fraction of sp³-hybridized carbons (Fsp3) is 0.179. The number of carbonyl (C=O) groups excluding carboxylic acids is 1. The lowest BCUT2D eigenvalue weighted by molar-refractivity contribution is -0.115. The van der Waals surface area contributed by atoms with Crippen molar-refractivity contribution in [2.75, 3.05) is 5.32 Å². The largest absolute Gasteiger partial charge is 0.310 e. The number of hydrogen-bond acceptors (Lipinski definition) is 7. The topological polar surface area (TPSA) is 128 Å². The molecule has 0 unspecified atom stereocenters. The van der Waals surface area contributed by atoms with Gasteiger partial charge in [0.2, 0.25) is 5.91 Å². The summed E-state index contributed by atoms with van der Waals surface area (Å²) < 4.78 is 0. The number of benzene rings is 1. The molecule has 0 spiro atoms. The highest BCUT2D eigenvalue weighted by Crippen LogP contribution is 2.31. The van der Waals surface area contributed by atoms with Gasteiger partial charge in [-0.15, -0.1) is 0 Å². The van der Waals surface area contributed by atoms with E-state index in [1.54, 1.807) is 30.7 Å². The molecule has 1 amide bonds. The van der Waals surface area contributed by atoms with Crippen molar-refractivity contribution in [2.45, 2.75) is 32.6 Å². The van der Waals surface area contributed by atoms with E-state index in [9.17, 15) is 10.1 Å². The fourth-order valence-electron chi connectivity index (χ4n) is 3.63. The molecular weight excluding hydrogens is 450 g/mol. The minimum absolute atomic E-state index is 0.250. The van der Waals surface area contributed by atoms with Crippen LogP contribution in [0.5, 0.6) is 0 Å². The maximum absolute atomic E-state index is 11.8. The van der Waals surface area contributed by atoms with Crippen LogP contribution in [0.1, 0.15) is 31.5 Å². The first-order valence-electron chi connectivity index (χ1n) is 11.3. The summed E-state index contributed by atoms with van der Waals surface area (Å²) in [7, 11) is 0. The molecule has 0 atom stereocenters. The van der Waals surface area contributed by atoms with Crippen molar-refractivity contribution >= 4 is 11.7 Å². The Hall–Kier alpha value is -4.95. The molecule has 0 aliphatic carbocycles. The highest BCUT2D eigenvalue weighted by atomic mass is 16.1. The summed E-state index contributed by atoms with van der Waals surface area (Å²) in [5.41, 5.74) is 5.40. The number of nitrogens with one attached hydrogen (secondary N) is 1. The lowest BCUT2D eigenvalue weighted by Gasteiger charge is -2.16. The predicted molar refractivity (Wildman–Crippen MR) is 136 cm³/mol. The van der Waals surface area contributed by atoms with E-state index < -0.39 is 11.3 Å². The number of aryl methyl sites for hydroxylation is 1. The standard InChI is InChI=1S/C28H23N7O/c1-18-4-5-19(20-7-11-31-24(15-20)28(2,3)17-30)14-22(18)23-9-13-33-27(34-23)21-8-12-32-25(16-21)35-26(36)6-10-29/h4-5,7-9,11-16H,6H2,1-3H3,(H,32,35,36). The molecule has 0 saturated heterocycles. The molecule has 1 aromatic carbocycles. The third-order valence-corrected chi connectivity index (χ3v) is 5.71. The van der Waals surface area contributed by atoms with Crippen LogP contribution in [0, 0.1) is 29.6 Å². The van der Waals surface area contributed by atoms with E-state index in [-0.39, 0.29) is 6.42 Å². The summed E-state index contributed by atoms with van der Waals surface area (Å²) in [4.78, 5) is 29.5. The van der Waals surface area contributed by atoms with Gasteiger partial charge in [-0.25, -0.2) is 15.0 Å². The van der Waals surface area contributed by atoms with Gasteiger partial charge in [0, 0.05) is 29.7 Å². The van der Waals surface area contributed by atoms with E-state index in [1.165, 1.54) is 0 Å². The van der Waals surface area contributed by atoms with E-state index in [4.69, 9.17) is 10.2 Å². The van der Waals surface area contributed by atoms with Gasteiger partial charge in [-0.3, -0.25) is 9.78 Å². The molecule has 1 N–H and O–H groups in total. The van der Waals surface area contributed by atoms with Crippen molar-refractivity contribution in [2.24, 2.45) is 0 Å². The summed E-state index contributed by atoms with van der Waals surface area (Å²) in [6.07, 6.45) is 4.73. The van der Waals surface area contributed by atoms with Gasteiger partial charge in [0.05, 0.1) is 28.9 Å². The van der Waals surface area contributed by atoms with E-state index in [0.29, 0.717) is 22.9 Å². The van der Waals surface area contributed by atoms with Crippen molar-refractivity contribution in [1.82, 2.24) is 19.9 Å². The molecule has 36 heavy (non-hydrogen) atoms. The minimum atomic E-state index is -0.692. The maximum atomic E-state index is 11.8. The minimum Gasteiger partial charge on any atom is -0.310 e. The van der Waals surface area contributed by atoms with Gasteiger partial charge in [-0.05, 0) is 73.9 Å². The number of aromatic nitrogens is 4. The van der Waals surface area contributed by atoms with Gasteiger partial charge in [0.1, 0.15) is 12.2 Å². The van der Waals surface area contributed by atoms with Crippen LogP contribution in [-0.2, 0) is 10.2 Å². The summed E-state index contributed by atoms with van der Waals surface area (Å²) in [5, 5.41) is 20.8. The molecule has 8 nitrogen and oxygen atoms in total. The molecule has 0 aliphatic rings. The van der Waals surface area contributed by atoms with Gasteiger partial charge >= 0.3 is 0 Å². The lowest BCUT2D eigenvalue weighted by Crippen LogP contribution is -2.15. The number of rotatable bonds is 6. The highest BCUT2D eigenvalue weighted by Gasteiger charge is 2.22. The second-order valence-electron chi connectivity index (χ2n) is 8.77. The normalized spacial score (nSPS) is 10.8. The number of pyridine rings is 2. The molecule has 8 heteroatoms. The molecule has 176 valence electrons. The Kier molecular flexibility index (Phi) is 6.80. The van der Waals surface area contributed by atoms with Gasteiger partial charge in [-0.1, -0.05) is 12.1 Å². The average Bonchev–Trinajstić information content (AvgIpc) is 2.89. The van der Waals surface area contributed by atoms with Gasteiger partial charge in [0.25, 0.3) is 0 Å². The number of hydrogen-bond donors (Lipinski definition) is 1. The second kappa shape index (κ2) is 10.1. The molecule has 0 fully saturated rings. The number of nitrogens with zero attached hydrogens (tertiary/aromatic N) is 6. The molecule has 4 aromatic rings. The molecular formula is C28H23N7O. The number of carbonyl (C=O) groups is 1. The lowest BCUT2D eigenvalue weighted by atomic mass is 9.89. The Morgan fingerprint density at radius 2 is 1.64 bits per heavy atom. The highest BCUT2D eigenvalue weighted by molar-refractivity contribution is 5.91. The Morgan fingerprint density at radius 3 is 2.42 bits per heavy atom. The molecule has 0 saturated carbocycles. The van der Waals surface area contributed by atoms with Crippen LogP contribution in [0.4, 0.5) is 5.82 Å². The van der Waals surface area contributed by atoms with E-state index in [1.807, 2.05) is 57.2 Å². The van der Waals surface area contributed by atoms with Crippen LogP contribution in [0.25, 0.3) is 33.8 Å². The first kappa shape index (κ1) is 24.2. The second-order valence-corrected chi connectivity index (χ2v) is 8.77. The number of nitriles is 2. The zero-order valence-electron chi connectivity index (χ0n) is 20.1. The van der Waals surface area contributed by atoms with Gasteiger partial charge < -0.3 is 5.32 Å². The fourth-order valence-corrected chi connectivity index (χ4v) is 3.63. The van der Waals surface area contributed by atoms with Crippen LogP contribution < -0.4 is 5.32 Å². The number of amides is 1. The Bertz CT molecular complexity index is 1530. The van der Waals surface area contributed by atoms with E-state index in [0.717, 1.165) is 27.9 Å². The van der Waals surface area contributed by atoms with Crippen molar-refractivity contribution in [1.29, 1.82) is 10.5 Å². The molecule has 0 aliphatic heterocycles. The summed E-state index contributed by atoms with van der Waals surface area (Å²) in [5.74, 6) is 0.382. The van der Waals surface area contributed by atoms with Crippen molar-refractivity contribution in [3.05, 3.63) is 78.4 Å². The first-order chi connectivity index (χ1) is 17.3. The van der Waals surface area contributed by atoms with Gasteiger partial charge in [-0.2, -0.15) is 10.5 Å². The molecule has 0 radical (unpaired) electrons. The van der Waals surface area contributed by atoms with Crippen LogP contribution in [0.2, 0.25) is 0 Å². The van der Waals surface area contributed by atoms with Crippen LogP contribution in [0.3, 0.4) is 0 Å². The van der Waals surface area contributed by atoms with Crippen LogP contribution in [-0.4, -0.2) is 25.8 Å². The molecule has 4 rings (SSSR count). The Balaban J connectivity index is 1.70. The van der Waals surface area contributed by atoms with Crippen molar-refractivity contribution < 1.29 is 4.79 Å². The maximum Gasteiger partial charge on any atom is 0.239 e. The quantitative estimate of drug-likeness (QED) is 0.406. The Labute approximate surface area is 209 Å². The molecule has 3 heterocycles.